The number of ether oxygens (including phenoxy) is 5. The number of halogens is 3. The Morgan fingerprint density at radius 3 is 2.07 bits per heavy atom. The summed E-state index contributed by atoms with van der Waals surface area (Å²) in [7, 11) is 0. The molecule has 0 saturated carbocycles. The van der Waals surface area contributed by atoms with E-state index in [0.29, 0.717) is 0 Å². The van der Waals surface area contributed by atoms with Crippen LogP contribution in [0, 0.1) is 0 Å². The highest BCUT2D eigenvalue weighted by atomic mass is 19.4. The lowest BCUT2D eigenvalue weighted by atomic mass is 9.96. The number of amides is 1. The molecule has 1 saturated heterocycles. The number of rotatable bonds is 8. The third-order valence-electron chi connectivity index (χ3n) is 3.63. The van der Waals surface area contributed by atoms with Gasteiger partial charge in [0.05, 0.1) is 6.61 Å². The van der Waals surface area contributed by atoms with E-state index in [-0.39, 0.29) is 6.61 Å². The highest BCUT2D eigenvalue weighted by Crippen LogP contribution is 2.29. The van der Waals surface area contributed by atoms with Gasteiger partial charge in [-0.05, 0) is 0 Å². The molecule has 1 amide bonds. The Balaban J connectivity index is 3.35. The average molecular weight is 441 g/mol. The SMILES string of the molecule is C=CCO[C@H]1OC(COC(C)=O)[C@@H](OC(C)=O)C(OC(C)=O)[C@H]1NC(=O)C(F)(F)F. The Hall–Kier alpha value is -2.67. The van der Waals surface area contributed by atoms with Crippen LogP contribution in [-0.2, 0) is 42.9 Å². The first-order valence-electron chi connectivity index (χ1n) is 8.60. The largest absolute Gasteiger partial charge is 0.471 e. The molecule has 5 atom stereocenters. The summed E-state index contributed by atoms with van der Waals surface area (Å²) in [6.45, 7) is 5.73. The van der Waals surface area contributed by atoms with Gasteiger partial charge < -0.3 is 29.0 Å². The molecular weight excluding hydrogens is 419 g/mol. The van der Waals surface area contributed by atoms with Crippen molar-refractivity contribution in [3.05, 3.63) is 12.7 Å². The zero-order chi connectivity index (χ0) is 23.1. The third kappa shape index (κ3) is 7.63. The lowest BCUT2D eigenvalue weighted by molar-refractivity contribution is -0.276. The van der Waals surface area contributed by atoms with Crippen molar-refractivity contribution >= 4 is 23.8 Å². The van der Waals surface area contributed by atoms with Crippen molar-refractivity contribution in [1.29, 1.82) is 0 Å². The molecule has 0 aromatic heterocycles. The minimum Gasteiger partial charge on any atom is -0.463 e. The summed E-state index contributed by atoms with van der Waals surface area (Å²) in [6, 6.07) is -1.72. The fraction of sp³-hybridized carbons (Fsp3) is 0.647. The maximum Gasteiger partial charge on any atom is 0.471 e. The second kappa shape index (κ2) is 10.9. The van der Waals surface area contributed by atoms with Crippen molar-refractivity contribution in [3.8, 4) is 0 Å². The molecule has 10 nitrogen and oxygen atoms in total. The van der Waals surface area contributed by atoms with Gasteiger partial charge in [0, 0.05) is 20.8 Å². The standard InChI is InChI=1S/C17H22F3NO9/c1-5-6-26-15-12(21-16(25)17(18,19)20)14(29-10(4)24)13(28-9(3)23)11(30-15)7-27-8(2)22/h5,11-15H,1,6-7H2,2-4H3,(H,21,25)/t11?,12-,13-,14?,15+/m1/s1. The van der Waals surface area contributed by atoms with Gasteiger partial charge in [-0.25, -0.2) is 0 Å². The molecule has 1 fully saturated rings. The summed E-state index contributed by atoms with van der Waals surface area (Å²) in [5.74, 6) is -4.92. The normalized spacial score (nSPS) is 26.3. The van der Waals surface area contributed by atoms with E-state index in [1.165, 1.54) is 6.08 Å². The first-order valence-corrected chi connectivity index (χ1v) is 8.60. The second-order valence-corrected chi connectivity index (χ2v) is 6.11. The molecule has 1 aliphatic rings. The van der Waals surface area contributed by atoms with Crippen LogP contribution < -0.4 is 5.32 Å². The van der Waals surface area contributed by atoms with Crippen LogP contribution in [0.3, 0.4) is 0 Å². The number of hydrogen-bond acceptors (Lipinski definition) is 9. The Morgan fingerprint density at radius 2 is 1.60 bits per heavy atom. The molecule has 13 heteroatoms. The summed E-state index contributed by atoms with van der Waals surface area (Å²) in [6.07, 6.45) is -10.1. The molecule has 30 heavy (non-hydrogen) atoms. The van der Waals surface area contributed by atoms with Crippen molar-refractivity contribution < 1.29 is 56.0 Å². The van der Waals surface area contributed by atoms with Gasteiger partial charge in [-0.3, -0.25) is 19.2 Å². The van der Waals surface area contributed by atoms with Gasteiger partial charge in [0.1, 0.15) is 18.8 Å². The van der Waals surface area contributed by atoms with Gasteiger partial charge in [0.2, 0.25) is 0 Å². The molecule has 0 bridgehead atoms. The van der Waals surface area contributed by atoms with Crippen molar-refractivity contribution in [2.45, 2.75) is 57.6 Å². The van der Waals surface area contributed by atoms with E-state index >= 15 is 0 Å². The van der Waals surface area contributed by atoms with Gasteiger partial charge in [-0.15, -0.1) is 6.58 Å². The quantitative estimate of drug-likeness (QED) is 0.323. The fourth-order valence-corrected chi connectivity index (χ4v) is 2.59. The number of carbonyl (C=O) groups is 4. The van der Waals surface area contributed by atoms with Crippen molar-refractivity contribution in [1.82, 2.24) is 5.32 Å². The van der Waals surface area contributed by atoms with Crippen LogP contribution in [0.5, 0.6) is 0 Å². The smallest absolute Gasteiger partial charge is 0.463 e. The maximum atomic E-state index is 12.8. The number of hydrogen-bond donors (Lipinski definition) is 1. The van der Waals surface area contributed by atoms with Crippen LogP contribution in [0.1, 0.15) is 20.8 Å². The maximum absolute atomic E-state index is 12.8. The summed E-state index contributed by atoms with van der Waals surface area (Å²) >= 11 is 0. The molecule has 1 heterocycles. The monoisotopic (exact) mass is 441 g/mol. The Bertz CT molecular complexity index is 667. The molecule has 0 radical (unpaired) electrons. The Morgan fingerprint density at radius 1 is 1.03 bits per heavy atom. The number of alkyl halides is 3. The van der Waals surface area contributed by atoms with Crippen LogP contribution in [0.4, 0.5) is 13.2 Å². The van der Waals surface area contributed by atoms with Gasteiger partial charge in [-0.2, -0.15) is 13.2 Å². The molecule has 170 valence electrons. The Kier molecular flexibility index (Phi) is 9.23. The van der Waals surface area contributed by atoms with Gasteiger partial charge in [0.25, 0.3) is 0 Å². The average Bonchev–Trinajstić information content (AvgIpc) is 2.60. The molecule has 0 aromatic carbocycles. The fourth-order valence-electron chi connectivity index (χ4n) is 2.59. The van der Waals surface area contributed by atoms with Gasteiger partial charge >= 0.3 is 30.0 Å². The van der Waals surface area contributed by atoms with E-state index in [0.717, 1.165) is 20.8 Å². The molecule has 1 aliphatic heterocycles. The summed E-state index contributed by atoms with van der Waals surface area (Å²) in [4.78, 5) is 45.8. The number of esters is 3. The highest BCUT2D eigenvalue weighted by molar-refractivity contribution is 5.82. The molecule has 2 unspecified atom stereocenters. The van der Waals surface area contributed by atoms with Gasteiger partial charge in [-0.1, -0.05) is 6.08 Å². The third-order valence-corrected chi connectivity index (χ3v) is 3.63. The van der Waals surface area contributed by atoms with Crippen LogP contribution in [0.25, 0.3) is 0 Å². The lowest BCUT2D eigenvalue weighted by Gasteiger charge is -2.44. The van der Waals surface area contributed by atoms with E-state index in [9.17, 15) is 32.3 Å². The highest BCUT2D eigenvalue weighted by Gasteiger charge is 2.53. The molecule has 0 aliphatic carbocycles. The Labute approximate surface area is 169 Å². The van der Waals surface area contributed by atoms with Crippen LogP contribution >= 0.6 is 0 Å². The van der Waals surface area contributed by atoms with Gasteiger partial charge in [0.15, 0.2) is 18.5 Å². The number of carbonyl (C=O) groups excluding carboxylic acids is 4. The van der Waals surface area contributed by atoms with Crippen LogP contribution in [0.15, 0.2) is 12.7 Å². The lowest BCUT2D eigenvalue weighted by Crippen LogP contribution is -2.67. The van der Waals surface area contributed by atoms with Crippen LogP contribution in [-0.4, -0.2) is 73.8 Å². The summed E-state index contributed by atoms with van der Waals surface area (Å²) in [5.41, 5.74) is 0. The second-order valence-electron chi connectivity index (χ2n) is 6.11. The molecule has 1 N–H and O–H groups in total. The molecule has 1 rings (SSSR count). The first kappa shape index (κ1) is 25.4. The van der Waals surface area contributed by atoms with Crippen molar-refractivity contribution in [2.24, 2.45) is 0 Å². The predicted molar refractivity (Wildman–Crippen MR) is 90.5 cm³/mol. The van der Waals surface area contributed by atoms with Crippen molar-refractivity contribution in [3.63, 3.8) is 0 Å². The van der Waals surface area contributed by atoms with E-state index in [2.05, 4.69) is 6.58 Å². The molecular formula is C17H22F3NO9. The molecule has 0 spiro atoms. The van der Waals surface area contributed by atoms with E-state index < -0.39 is 67.2 Å². The van der Waals surface area contributed by atoms with Crippen LogP contribution in [0.2, 0.25) is 0 Å². The first-order chi connectivity index (χ1) is 13.9. The molecule has 0 aromatic rings. The minimum absolute atomic E-state index is 0.214. The minimum atomic E-state index is -5.27. The van der Waals surface area contributed by atoms with E-state index in [1.54, 1.807) is 5.32 Å². The van der Waals surface area contributed by atoms with Crippen molar-refractivity contribution in [2.75, 3.05) is 13.2 Å². The summed E-state index contributed by atoms with van der Waals surface area (Å²) in [5, 5.41) is 1.64. The topological polar surface area (TPSA) is 126 Å². The zero-order valence-electron chi connectivity index (χ0n) is 16.4. The predicted octanol–water partition coefficient (Wildman–Crippen LogP) is 0.387. The summed E-state index contributed by atoms with van der Waals surface area (Å²) < 4.78 is 64.1. The zero-order valence-corrected chi connectivity index (χ0v) is 16.4. The van der Waals surface area contributed by atoms with E-state index in [4.69, 9.17) is 23.7 Å². The van der Waals surface area contributed by atoms with E-state index in [1.807, 2.05) is 0 Å². The number of nitrogens with one attached hydrogen (secondary N) is 1.